The van der Waals surface area contributed by atoms with Gasteiger partial charge >= 0.3 is 0 Å². The highest BCUT2D eigenvalue weighted by Crippen LogP contribution is 2.67. The molecular weight excluding hydrogens is 305 g/mol. The molecule has 2 aliphatic carbocycles. The van der Waals surface area contributed by atoms with E-state index in [0.29, 0.717) is 0 Å². The summed E-state index contributed by atoms with van der Waals surface area (Å²) in [5.74, 6) is -0.549. The second-order valence-electron chi connectivity index (χ2n) is 3.12. The highest BCUT2D eigenvalue weighted by Gasteiger charge is 2.75. The molecule has 15 heavy (non-hydrogen) atoms. The van der Waals surface area contributed by atoms with Crippen molar-refractivity contribution in [1.82, 2.24) is 0 Å². The van der Waals surface area contributed by atoms with E-state index in [2.05, 4.69) is 0 Å². The summed E-state index contributed by atoms with van der Waals surface area (Å²) in [6, 6.07) is 0. The number of hydrogen-bond acceptors (Lipinski definition) is 2. The van der Waals surface area contributed by atoms with E-state index in [4.69, 9.17) is 62.7 Å². The normalized spacial score (nSPS) is 39.5. The highest BCUT2D eigenvalue weighted by atomic mass is 35.5. The molecule has 82 valence electrons. The van der Waals surface area contributed by atoms with Gasteiger partial charge in [-0.3, -0.25) is 4.79 Å². The molecule has 0 aromatic carbocycles. The van der Waals surface area contributed by atoms with Crippen LogP contribution in [0.2, 0.25) is 0 Å². The second-order valence-corrected chi connectivity index (χ2v) is 5.39. The predicted molar refractivity (Wildman–Crippen MR) is 60.8 cm³/mol. The van der Waals surface area contributed by atoms with Gasteiger partial charge in [0.25, 0.3) is 0 Å². The maximum Gasteiger partial charge on any atom is 0.206 e. The molecular formula is C8H3Cl5O2. The second kappa shape index (κ2) is 3.21. The number of rotatable bonds is 1. The molecule has 0 aromatic heterocycles. The number of allylic oxidation sites excluding steroid dienone is 3. The zero-order chi connectivity index (χ0) is 11.6. The van der Waals surface area contributed by atoms with Gasteiger partial charge in [-0.1, -0.05) is 34.8 Å². The molecule has 0 spiro atoms. The first-order valence-corrected chi connectivity index (χ1v) is 5.65. The maximum absolute atomic E-state index is 11.8. The van der Waals surface area contributed by atoms with Crippen LogP contribution in [0.1, 0.15) is 0 Å². The van der Waals surface area contributed by atoms with Crippen LogP contribution in [0, 0.1) is 0 Å². The standard InChI is InChI=1S/C8H3Cl5O2/c1-15-6-2(9)5(14)7(12)3(10)4(11)8(6,7)13/h1H3/t7-,8+/m1/s1. The number of fused-ring (bicyclic) bond motifs is 1. The number of ether oxygens (including phenoxy) is 1. The lowest BCUT2D eigenvalue weighted by molar-refractivity contribution is -0.116. The van der Waals surface area contributed by atoms with Crippen molar-refractivity contribution in [2.24, 2.45) is 0 Å². The molecule has 0 radical (unpaired) electrons. The summed E-state index contributed by atoms with van der Waals surface area (Å²) in [5.41, 5.74) is 0. The number of hydrogen-bond donors (Lipinski definition) is 0. The first-order valence-electron chi connectivity index (χ1n) is 3.76. The first-order chi connectivity index (χ1) is 6.83. The Bertz CT molecular complexity index is 440. The molecule has 0 saturated carbocycles. The number of methoxy groups -OCH3 is 1. The topological polar surface area (TPSA) is 26.3 Å². The van der Waals surface area contributed by atoms with Crippen LogP contribution >= 0.6 is 58.0 Å². The summed E-state index contributed by atoms with van der Waals surface area (Å²) < 4.78 is 4.95. The summed E-state index contributed by atoms with van der Waals surface area (Å²) in [7, 11) is 1.33. The van der Waals surface area contributed by atoms with Crippen molar-refractivity contribution < 1.29 is 9.53 Å². The average Bonchev–Trinajstić information content (AvgIpc) is 2.36. The van der Waals surface area contributed by atoms with Crippen molar-refractivity contribution in [2.45, 2.75) is 9.75 Å². The maximum atomic E-state index is 11.8. The zero-order valence-corrected chi connectivity index (χ0v) is 11.0. The number of alkyl halides is 2. The number of Topliss-reactive ketones (excluding diaryl/α,β-unsaturated/α-hetero) is 1. The lowest BCUT2D eigenvalue weighted by atomic mass is 9.80. The van der Waals surface area contributed by atoms with Gasteiger partial charge in [-0.05, 0) is 0 Å². The molecule has 2 atom stereocenters. The third-order valence-electron chi connectivity index (χ3n) is 2.50. The van der Waals surface area contributed by atoms with Crippen LogP contribution in [0.3, 0.4) is 0 Å². The van der Waals surface area contributed by atoms with Crippen LogP contribution in [0.25, 0.3) is 0 Å². The fraction of sp³-hybridized carbons (Fsp3) is 0.375. The van der Waals surface area contributed by atoms with Gasteiger partial charge in [0.05, 0.1) is 17.2 Å². The number of carbonyl (C=O) groups excluding carboxylic acids is 1. The van der Waals surface area contributed by atoms with Crippen LogP contribution in [-0.2, 0) is 9.53 Å². The Morgan fingerprint density at radius 1 is 1.07 bits per heavy atom. The summed E-state index contributed by atoms with van der Waals surface area (Å²) >= 11 is 29.6. The summed E-state index contributed by atoms with van der Waals surface area (Å²) in [4.78, 5) is 8.68. The highest BCUT2D eigenvalue weighted by molar-refractivity contribution is 6.67. The van der Waals surface area contributed by atoms with E-state index in [1.54, 1.807) is 0 Å². The Hall–Kier alpha value is 0.400. The Balaban J connectivity index is 2.70. The number of halogens is 5. The van der Waals surface area contributed by atoms with Crippen LogP contribution in [-0.4, -0.2) is 22.6 Å². The first kappa shape index (κ1) is 11.9. The van der Waals surface area contributed by atoms with Gasteiger partial charge in [0, 0.05) is 0 Å². The predicted octanol–water partition coefficient (Wildman–Crippen LogP) is 3.32. The lowest BCUT2D eigenvalue weighted by Gasteiger charge is -2.44. The van der Waals surface area contributed by atoms with E-state index in [1.807, 2.05) is 0 Å². The summed E-state index contributed by atoms with van der Waals surface area (Å²) in [6.45, 7) is 0. The minimum absolute atomic E-state index is 0.00367. The van der Waals surface area contributed by atoms with Crippen molar-refractivity contribution in [3.8, 4) is 0 Å². The van der Waals surface area contributed by atoms with Crippen LogP contribution in [0.15, 0.2) is 20.9 Å². The van der Waals surface area contributed by atoms with Gasteiger partial charge in [0.15, 0.2) is 9.75 Å². The Morgan fingerprint density at radius 2 is 1.53 bits per heavy atom. The molecule has 0 unspecified atom stereocenters. The van der Waals surface area contributed by atoms with E-state index in [1.165, 1.54) is 7.11 Å². The smallest absolute Gasteiger partial charge is 0.206 e. The van der Waals surface area contributed by atoms with Crippen molar-refractivity contribution in [2.75, 3.05) is 7.11 Å². The molecule has 2 rings (SSSR count). The lowest BCUT2D eigenvalue weighted by Crippen LogP contribution is -2.57. The van der Waals surface area contributed by atoms with Crippen LogP contribution in [0.4, 0.5) is 0 Å². The van der Waals surface area contributed by atoms with Crippen LogP contribution in [0.5, 0.6) is 0 Å². The fourth-order valence-corrected chi connectivity index (χ4v) is 3.90. The molecule has 0 aromatic rings. The van der Waals surface area contributed by atoms with Crippen molar-refractivity contribution >= 4 is 63.8 Å². The van der Waals surface area contributed by atoms with E-state index in [9.17, 15) is 4.79 Å². The van der Waals surface area contributed by atoms with E-state index in [0.717, 1.165) is 0 Å². The van der Waals surface area contributed by atoms with E-state index >= 15 is 0 Å². The molecule has 2 aliphatic rings. The summed E-state index contributed by atoms with van der Waals surface area (Å²) in [6.07, 6.45) is 0. The molecule has 2 nitrogen and oxygen atoms in total. The van der Waals surface area contributed by atoms with Gasteiger partial charge < -0.3 is 4.74 Å². The summed E-state index contributed by atoms with van der Waals surface area (Å²) in [5, 5.41) is -0.103. The van der Waals surface area contributed by atoms with Gasteiger partial charge in [0.1, 0.15) is 10.8 Å². The third-order valence-corrected chi connectivity index (χ3v) is 5.46. The average molecular weight is 308 g/mol. The SMILES string of the molecule is COC1=C(Cl)C(=O)[C@]2(Cl)C(Cl)=C(Cl)[C@]12Cl. The molecule has 7 heteroatoms. The van der Waals surface area contributed by atoms with Gasteiger partial charge in [-0.25, -0.2) is 0 Å². The molecule has 0 heterocycles. The van der Waals surface area contributed by atoms with Gasteiger partial charge in [-0.2, -0.15) is 0 Å². The molecule has 0 amide bonds. The fourth-order valence-electron chi connectivity index (χ4n) is 1.69. The Morgan fingerprint density at radius 3 is 2.00 bits per heavy atom. The number of ketones is 1. The largest absolute Gasteiger partial charge is 0.497 e. The van der Waals surface area contributed by atoms with Gasteiger partial charge in [-0.15, -0.1) is 23.2 Å². The minimum atomic E-state index is -1.62. The third kappa shape index (κ3) is 0.985. The molecule has 0 aliphatic heterocycles. The monoisotopic (exact) mass is 306 g/mol. The van der Waals surface area contributed by atoms with Crippen LogP contribution < -0.4 is 0 Å². The Labute approximate surface area is 111 Å². The minimum Gasteiger partial charge on any atom is -0.497 e. The Kier molecular flexibility index (Phi) is 2.54. The molecule has 0 fully saturated rings. The zero-order valence-electron chi connectivity index (χ0n) is 7.21. The van der Waals surface area contributed by atoms with E-state index in [-0.39, 0.29) is 20.9 Å². The molecule has 0 saturated heterocycles. The molecule has 0 N–H and O–H groups in total. The van der Waals surface area contributed by atoms with Gasteiger partial charge in [0.2, 0.25) is 5.78 Å². The van der Waals surface area contributed by atoms with Crippen molar-refractivity contribution in [3.05, 3.63) is 20.9 Å². The quantitative estimate of drug-likeness (QED) is 0.695. The van der Waals surface area contributed by atoms with Crippen molar-refractivity contribution in [1.29, 1.82) is 0 Å². The van der Waals surface area contributed by atoms with Crippen molar-refractivity contribution in [3.63, 3.8) is 0 Å². The molecule has 0 bridgehead atoms. The number of carbonyl (C=O) groups is 1. The van der Waals surface area contributed by atoms with E-state index < -0.39 is 15.5 Å².